The van der Waals surface area contributed by atoms with Gasteiger partial charge >= 0.3 is 0 Å². The van der Waals surface area contributed by atoms with Gasteiger partial charge in [0.1, 0.15) is 6.33 Å². The number of amides is 1. The lowest BCUT2D eigenvalue weighted by molar-refractivity contribution is 0.102. The van der Waals surface area contributed by atoms with Gasteiger partial charge in [0.15, 0.2) is 5.82 Å². The number of hydrogen-bond acceptors (Lipinski definition) is 6. The van der Waals surface area contributed by atoms with Crippen molar-refractivity contribution < 1.29 is 4.79 Å². The lowest BCUT2D eigenvalue weighted by Crippen LogP contribution is -2.36. The Morgan fingerprint density at radius 2 is 1.78 bits per heavy atom. The maximum Gasteiger partial charge on any atom is 0.256 e. The normalized spacial score (nSPS) is 14.6. The van der Waals surface area contributed by atoms with E-state index in [0.717, 1.165) is 59.6 Å². The molecule has 1 aliphatic rings. The molecule has 9 heteroatoms. The molecule has 0 bridgehead atoms. The number of likely N-dealkylation sites (tertiary alicyclic amines) is 1. The summed E-state index contributed by atoms with van der Waals surface area (Å²) >= 11 is 0. The number of carbonyl (C=O) groups excluding carboxylic acids is 1. The molecule has 1 aliphatic heterocycles. The van der Waals surface area contributed by atoms with E-state index in [0.29, 0.717) is 17.4 Å². The number of hydrogen-bond donors (Lipinski definition) is 3. The van der Waals surface area contributed by atoms with E-state index in [-0.39, 0.29) is 5.91 Å². The monoisotopic (exact) mass is 492 g/mol. The Morgan fingerprint density at radius 1 is 1.00 bits per heavy atom. The molecule has 186 valence electrons. The number of nitrogens with zero attached hydrogens (tertiary/aromatic N) is 5. The van der Waals surface area contributed by atoms with E-state index in [2.05, 4.69) is 48.8 Å². The number of aromatic nitrogens is 5. The van der Waals surface area contributed by atoms with E-state index < -0.39 is 0 Å². The number of rotatable bonds is 6. The first-order valence-electron chi connectivity index (χ1n) is 12.4. The molecule has 1 saturated heterocycles. The molecular formula is C28H28N8O. The lowest BCUT2D eigenvalue weighted by Gasteiger charge is -2.30. The number of fused-ring (bicyclic) bond motifs is 1. The third kappa shape index (κ3) is 4.94. The van der Waals surface area contributed by atoms with Gasteiger partial charge in [-0.2, -0.15) is 5.10 Å². The summed E-state index contributed by atoms with van der Waals surface area (Å²) in [5, 5.41) is 13.8. The Bertz CT molecular complexity index is 1520. The Balaban J connectivity index is 1.14. The number of carbonyl (C=O) groups is 1. The molecule has 0 radical (unpaired) electrons. The first kappa shape index (κ1) is 22.9. The quantitative estimate of drug-likeness (QED) is 0.321. The number of benzene rings is 2. The zero-order valence-electron chi connectivity index (χ0n) is 20.6. The van der Waals surface area contributed by atoms with Gasteiger partial charge < -0.3 is 15.5 Å². The minimum Gasteiger partial charge on any atom is -0.382 e. The van der Waals surface area contributed by atoms with Crippen LogP contribution in [-0.4, -0.2) is 61.7 Å². The summed E-state index contributed by atoms with van der Waals surface area (Å²) in [6.45, 7) is 2.21. The van der Waals surface area contributed by atoms with Crippen LogP contribution in [0.2, 0.25) is 0 Å². The molecule has 0 unspecified atom stereocenters. The lowest BCUT2D eigenvalue weighted by atomic mass is 10.0. The highest BCUT2D eigenvalue weighted by atomic mass is 16.1. The number of H-pyrrole nitrogens is 1. The molecule has 3 N–H and O–H groups in total. The second-order valence-corrected chi connectivity index (χ2v) is 9.44. The summed E-state index contributed by atoms with van der Waals surface area (Å²) in [6.07, 6.45) is 7.57. The molecule has 1 amide bonds. The Hall–Kier alpha value is -4.50. The highest BCUT2D eigenvalue weighted by Crippen LogP contribution is 2.26. The molecule has 6 rings (SSSR count). The average Bonchev–Trinajstić information content (AvgIpc) is 3.58. The van der Waals surface area contributed by atoms with Crippen LogP contribution in [0.25, 0.3) is 28.0 Å². The largest absolute Gasteiger partial charge is 0.382 e. The summed E-state index contributed by atoms with van der Waals surface area (Å²) in [4.78, 5) is 23.8. The van der Waals surface area contributed by atoms with Gasteiger partial charge in [-0.3, -0.25) is 19.4 Å². The van der Waals surface area contributed by atoms with E-state index in [1.807, 2.05) is 59.2 Å². The molecule has 9 nitrogen and oxygen atoms in total. The minimum atomic E-state index is -0.199. The fourth-order valence-corrected chi connectivity index (χ4v) is 4.71. The van der Waals surface area contributed by atoms with E-state index >= 15 is 0 Å². The third-order valence-electron chi connectivity index (χ3n) is 6.86. The van der Waals surface area contributed by atoms with Crippen LogP contribution in [0.15, 0.2) is 79.4 Å². The van der Waals surface area contributed by atoms with Crippen molar-refractivity contribution >= 4 is 28.4 Å². The SMILES string of the molecule is CN1CCC(Nc2ccc(C(=O)Nc3cc(-c4ccc5ncn(-c6ccncc6)c5c4)[nH]n3)cc2)CC1. The molecule has 0 spiro atoms. The van der Waals surface area contributed by atoms with Gasteiger partial charge in [-0.25, -0.2) is 4.98 Å². The molecular weight excluding hydrogens is 464 g/mol. The van der Waals surface area contributed by atoms with Gasteiger partial charge in [0, 0.05) is 41.3 Å². The summed E-state index contributed by atoms with van der Waals surface area (Å²) in [5.74, 6) is 0.270. The summed E-state index contributed by atoms with van der Waals surface area (Å²) < 4.78 is 2.02. The highest BCUT2D eigenvalue weighted by molar-refractivity contribution is 6.04. The Morgan fingerprint density at radius 3 is 2.57 bits per heavy atom. The van der Waals surface area contributed by atoms with Gasteiger partial charge in [0.05, 0.1) is 22.4 Å². The van der Waals surface area contributed by atoms with Crippen molar-refractivity contribution in [2.45, 2.75) is 18.9 Å². The molecule has 0 saturated carbocycles. The van der Waals surface area contributed by atoms with Crippen molar-refractivity contribution in [2.24, 2.45) is 0 Å². The van der Waals surface area contributed by atoms with Crippen molar-refractivity contribution in [1.29, 1.82) is 0 Å². The first-order valence-corrected chi connectivity index (χ1v) is 12.4. The fraction of sp³-hybridized carbons (Fsp3) is 0.214. The second-order valence-electron chi connectivity index (χ2n) is 9.44. The molecule has 5 aromatic rings. The third-order valence-corrected chi connectivity index (χ3v) is 6.86. The van der Waals surface area contributed by atoms with E-state index in [9.17, 15) is 4.79 Å². The predicted molar refractivity (Wildman–Crippen MR) is 145 cm³/mol. The average molecular weight is 493 g/mol. The van der Waals surface area contributed by atoms with Gasteiger partial charge in [-0.15, -0.1) is 0 Å². The first-order chi connectivity index (χ1) is 18.1. The van der Waals surface area contributed by atoms with Gasteiger partial charge in [-0.05, 0) is 81.5 Å². The van der Waals surface area contributed by atoms with E-state index in [4.69, 9.17) is 0 Å². The smallest absolute Gasteiger partial charge is 0.256 e. The fourth-order valence-electron chi connectivity index (χ4n) is 4.71. The van der Waals surface area contributed by atoms with Gasteiger partial charge in [0.2, 0.25) is 0 Å². The van der Waals surface area contributed by atoms with Gasteiger partial charge in [-0.1, -0.05) is 6.07 Å². The Labute approximate surface area is 214 Å². The summed E-state index contributed by atoms with van der Waals surface area (Å²) in [7, 11) is 2.16. The van der Waals surface area contributed by atoms with Crippen LogP contribution >= 0.6 is 0 Å². The summed E-state index contributed by atoms with van der Waals surface area (Å²) in [5.41, 5.74) is 6.22. The van der Waals surface area contributed by atoms with E-state index in [1.54, 1.807) is 18.7 Å². The van der Waals surface area contributed by atoms with Crippen LogP contribution in [0.4, 0.5) is 11.5 Å². The van der Waals surface area contributed by atoms with Crippen LogP contribution in [0.5, 0.6) is 0 Å². The Kier molecular flexibility index (Phi) is 6.11. The molecule has 1 fully saturated rings. The summed E-state index contributed by atoms with van der Waals surface area (Å²) in [6, 6.07) is 19.8. The zero-order chi connectivity index (χ0) is 25.2. The van der Waals surface area contributed by atoms with Crippen LogP contribution in [0, 0.1) is 0 Å². The maximum atomic E-state index is 12.8. The number of aromatic amines is 1. The zero-order valence-corrected chi connectivity index (χ0v) is 20.6. The second kappa shape index (κ2) is 9.87. The van der Waals surface area contributed by atoms with Crippen molar-refractivity contribution in [1.82, 2.24) is 29.6 Å². The van der Waals surface area contributed by atoms with Crippen LogP contribution < -0.4 is 10.6 Å². The number of anilines is 2. The minimum absolute atomic E-state index is 0.199. The van der Waals surface area contributed by atoms with Crippen LogP contribution in [0.1, 0.15) is 23.2 Å². The predicted octanol–water partition coefficient (Wildman–Crippen LogP) is 4.57. The number of imidazole rings is 1. The molecule has 4 heterocycles. The maximum absolute atomic E-state index is 12.8. The van der Waals surface area contributed by atoms with Crippen molar-refractivity contribution in [2.75, 3.05) is 30.8 Å². The number of piperidine rings is 1. The standard InChI is InChI=1S/C28H28N8O/c1-35-14-10-22(11-15-35)31-21-5-2-19(3-6-21)28(37)32-27-17-25(33-34-27)20-4-7-24-26(16-20)36(18-30-24)23-8-12-29-13-9-23/h2-9,12-13,16-18,22,31H,10-11,14-15H2,1H3,(H2,32,33,34,37). The molecule has 0 aliphatic carbocycles. The van der Waals surface area contributed by atoms with Crippen LogP contribution in [0.3, 0.4) is 0 Å². The van der Waals surface area contributed by atoms with Gasteiger partial charge in [0.25, 0.3) is 5.91 Å². The van der Waals surface area contributed by atoms with Crippen molar-refractivity contribution in [3.8, 4) is 16.9 Å². The number of pyridine rings is 1. The van der Waals surface area contributed by atoms with Crippen molar-refractivity contribution in [3.05, 3.63) is 84.9 Å². The highest BCUT2D eigenvalue weighted by Gasteiger charge is 2.17. The van der Waals surface area contributed by atoms with Crippen molar-refractivity contribution in [3.63, 3.8) is 0 Å². The number of nitrogens with one attached hydrogen (secondary N) is 3. The van der Waals surface area contributed by atoms with E-state index in [1.165, 1.54) is 0 Å². The molecule has 0 atom stereocenters. The topological polar surface area (TPSA) is 104 Å². The van der Waals surface area contributed by atoms with Crippen LogP contribution in [-0.2, 0) is 0 Å². The molecule has 37 heavy (non-hydrogen) atoms. The molecule has 3 aromatic heterocycles. The molecule has 2 aromatic carbocycles.